The van der Waals surface area contributed by atoms with Gasteiger partial charge >= 0.3 is 107 Å². The van der Waals surface area contributed by atoms with E-state index in [4.69, 9.17) is 19.2 Å². The van der Waals surface area contributed by atoms with Gasteiger partial charge in [0.1, 0.15) is 0 Å². The molecule has 0 fully saturated rings. The first-order chi connectivity index (χ1) is 2.00. The summed E-state index contributed by atoms with van der Waals surface area (Å²) in [6, 6.07) is 0. The van der Waals surface area contributed by atoms with Crippen LogP contribution in [0.5, 0.6) is 0 Å². The van der Waals surface area contributed by atoms with Crippen LogP contribution in [0.3, 0.4) is 0 Å². The fraction of sp³-hybridized carbons (Fsp3) is 0. The largest absolute Gasteiger partial charge is 1.00 e. The van der Waals surface area contributed by atoms with E-state index in [1.807, 2.05) is 0 Å². The summed E-state index contributed by atoms with van der Waals surface area (Å²) < 4.78 is 0. The second-order valence-electron chi connectivity index (χ2n) is 0.600. The Balaban J connectivity index is -0.00000000533. The van der Waals surface area contributed by atoms with Gasteiger partial charge in [-0.25, -0.2) is 0 Å². The summed E-state index contributed by atoms with van der Waals surface area (Å²) >= 11 is 0. The second kappa shape index (κ2) is 14.1. The van der Waals surface area contributed by atoms with Gasteiger partial charge in [-0.15, -0.1) is 0 Å². The molecule has 0 saturated carbocycles. The molecule has 0 heterocycles. The summed E-state index contributed by atoms with van der Waals surface area (Å²) in [7, 11) is -4.61. The van der Waals surface area contributed by atoms with E-state index in [2.05, 4.69) is 0 Å². The zero-order valence-electron chi connectivity index (χ0n) is 6.79. The first-order valence-electron chi connectivity index (χ1n) is 0.894. The summed E-state index contributed by atoms with van der Waals surface area (Å²) in [4.78, 5) is 29.3. The van der Waals surface area contributed by atoms with Crippen molar-refractivity contribution in [3.05, 3.63) is 0 Å². The molecule has 0 bridgehead atoms. The zero-order valence-corrected chi connectivity index (χ0v) is 14.1. The third kappa shape index (κ3) is 82.5. The van der Waals surface area contributed by atoms with E-state index in [1.165, 1.54) is 0 Å². The van der Waals surface area contributed by atoms with Crippen LogP contribution in [0.2, 0.25) is 0 Å². The Morgan fingerprint density at radius 3 is 1.00 bits per heavy atom. The summed E-state index contributed by atoms with van der Waals surface area (Å²) in [5, 5.41) is 0. The molecule has 9 heavy (non-hydrogen) atoms. The smallest absolute Gasteiger partial charge is 1.00 e. The molecule has 0 saturated heterocycles. The van der Waals surface area contributed by atoms with Crippen molar-refractivity contribution < 1.29 is 126 Å². The van der Waals surface area contributed by atoms with Crippen molar-refractivity contribution in [3.63, 3.8) is 0 Å². The van der Waals surface area contributed by atoms with Gasteiger partial charge in [-0.2, -0.15) is 0 Å². The van der Waals surface area contributed by atoms with Gasteiger partial charge in [-0.3, -0.25) is 0 Å². The standard InChI is InChI=1S/Al.Cs.Na.H4O4Si.H2O.5H/c;;;1-5(2,3)4;;;;;;/h;;;1-4H;1H2;;;;;/q;2*+1;;;;;;2*-1. The van der Waals surface area contributed by atoms with Crippen LogP contribution in [0.15, 0.2) is 0 Å². The van der Waals surface area contributed by atoms with Crippen molar-refractivity contribution in [1.29, 1.82) is 0 Å². The van der Waals surface area contributed by atoms with Crippen molar-refractivity contribution in [3.8, 4) is 0 Å². The molecule has 0 aliphatic rings. The first kappa shape index (κ1) is 29.4. The Kier molecular flexibility index (Phi) is 46.1. The molecule has 0 aliphatic heterocycles. The SMILES string of the molecule is O.O[Si](O)(O)O.[AlH3].[Cs+].[H-].[H-].[Na+]. The summed E-state index contributed by atoms with van der Waals surface area (Å²) in [5.41, 5.74) is 0. The van der Waals surface area contributed by atoms with Crippen molar-refractivity contribution in [2.45, 2.75) is 0 Å². The van der Waals surface area contributed by atoms with E-state index in [9.17, 15) is 0 Å². The molecule has 0 radical (unpaired) electrons. The van der Waals surface area contributed by atoms with E-state index in [1.54, 1.807) is 0 Å². The molecule has 9 heteroatoms. The molecule has 0 unspecified atom stereocenters. The average molecular weight is 302 g/mol. The Morgan fingerprint density at radius 2 is 1.00 bits per heavy atom. The van der Waals surface area contributed by atoms with Crippen molar-refractivity contribution in [2.24, 2.45) is 0 Å². The van der Waals surface area contributed by atoms with E-state index in [0.717, 1.165) is 0 Å². The van der Waals surface area contributed by atoms with Crippen LogP contribution < -0.4 is 98.5 Å². The van der Waals surface area contributed by atoms with E-state index >= 15 is 0 Å². The van der Waals surface area contributed by atoms with Crippen LogP contribution in [0.1, 0.15) is 2.85 Å². The van der Waals surface area contributed by atoms with Crippen molar-refractivity contribution >= 4 is 26.4 Å². The minimum atomic E-state index is -4.61. The van der Waals surface area contributed by atoms with Gasteiger partial charge in [-0.1, -0.05) is 0 Å². The monoisotopic (exact) mass is 302 g/mol. The topological polar surface area (TPSA) is 112 Å². The second-order valence-corrected chi connectivity index (χ2v) is 1.80. The summed E-state index contributed by atoms with van der Waals surface area (Å²) in [5.74, 6) is 0. The molecule has 0 rings (SSSR count). The van der Waals surface area contributed by atoms with E-state index < -0.39 is 9.05 Å². The molecular weight excluding hydrogens is 291 g/mol. The molecule has 0 aromatic carbocycles. The van der Waals surface area contributed by atoms with Gasteiger partial charge in [0, 0.05) is 0 Å². The van der Waals surface area contributed by atoms with Crippen LogP contribution >= 0.6 is 0 Å². The van der Waals surface area contributed by atoms with E-state index in [0.29, 0.717) is 0 Å². The Bertz CT molecular complexity index is 40.0. The normalized spacial score (nSPS) is 6.67. The number of hydrogen-bond acceptors (Lipinski definition) is 4. The maximum absolute atomic E-state index is 7.33. The predicted octanol–water partition coefficient (Wildman–Crippen LogP) is -10.4. The van der Waals surface area contributed by atoms with Crippen LogP contribution in [-0.4, -0.2) is 51.1 Å². The van der Waals surface area contributed by atoms with Gasteiger partial charge < -0.3 is 27.5 Å². The quantitative estimate of drug-likeness (QED) is 0.333. The molecule has 5 nitrogen and oxygen atoms in total. The van der Waals surface area contributed by atoms with Crippen molar-refractivity contribution in [2.75, 3.05) is 0 Å². The van der Waals surface area contributed by atoms with E-state index in [-0.39, 0.29) is 124 Å². The molecule has 6 N–H and O–H groups in total. The molecule has 0 atom stereocenters. The molecule has 0 amide bonds. The summed E-state index contributed by atoms with van der Waals surface area (Å²) in [6.45, 7) is 0. The molecule has 50 valence electrons. The van der Waals surface area contributed by atoms with Crippen LogP contribution in [-0.2, 0) is 0 Å². The third-order valence-corrected chi connectivity index (χ3v) is 0. The maximum Gasteiger partial charge on any atom is 1.00 e. The maximum atomic E-state index is 7.33. The molecule has 0 aromatic rings. The third-order valence-electron chi connectivity index (χ3n) is 0. The molecule has 0 aliphatic carbocycles. The average Bonchev–Trinajstić information content (AvgIpc) is 0.722. The first-order valence-corrected chi connectivity index (χ1v) is 2.68. The minimum absolute atomic E-state index is 0. The fourth-order valence-electron chi connectivity index (χ4n) is 0. The van der Waals surface area contributed by atoms with Gasteiger partial charge in [0.05, 0.1) is 0 Å². The van der Waals surface area contributed by atoms with Gasteiger partial charge in [0.2, 0.25) is 0 Å². The predicted molar refractivity (Wildman–Crippen MR) is 30.4 cm³/mol. The van der Waals surface area contributed by atoms with Crippen LogP contribution in [0.4, 0.5) is 0 Å². The van der Waals surface area contributed by atoms with Crippen molar-refractivity contribution in [1.82, 2.24) is 0 Å². The van der Waals surface area contributed by atoms with Gasteiger partial charge in [0.25, 0.3) is 0 Å². The molecular formula is H11AlCsNaO5Si. The molecule has 0 spiro atoms. The summed E-state index contributed by atoms with van der Waals surface area (Å²) in [6.07, 6.45) is 0. The van der Waals surface area contributed by atoms with Gasteiger partial charge in [-0.05, 0) is 0 Å². The number of rotatable bonds is 0. The number of hydrogen-bond donors (Lipinski definition) is 4. The van der Waals surface area contributed by atoms with Crippen LogP contribution in [0, 0.1) is 0 Å². The van der Waals surface area contributed by atoms with Gasteiger partial charge in [0.15, 0.2) is 17.4 Å². The molecule has 0 aromatic heterocycles. The zero-order chi connectivity index (χ0) is 4.50. The Morgan fingerprint density at radius 1 is 1.00 bits per heavy atom. The Hall–Kier alpha value is 3.60. The minimum Gasteiger partial charge on any atom is -1.00 e. The van der Waals surface area contributed by atoms with Crippen LogP contribution in [0.25, 0.3) is 0 Å². The Labute approximate surface area is 148 Å². The fourth-order valence-corrected chi connectivity index (χ4v) is 0.